The van der Waals surface area contributed by atoms with Gasteiger partial charge in [0.05, 0.1) is 6.61 Å². The Morgan fingerprint density at radius 3 is 2.41 bits per heavy atom. The number of nitrogens with two attached hydrogens (primary N) is 1. The fraction of sp³-hybridized carbons (Fsp3) is 0.923. The molecule has 0 aromatic rings. The molecule has 102 valence electrons. The zero-order valence-corrected chi connectivity index (χ0v) is 11.5. The van der Waals surface area contributed by atoms with Crippen molar-refractivity contribution in [3.05, 3.63) is 0 Å². The van der Waals surface area contributed by atoms with Gasteiger partial charge < -0.3 is 15.7 Å². The van der Waals surface area contributed by atoms with Crippen molar-refractivity contribution >= 4 is 5.91 Å². The van der Waals surface area contributed by atoms with Gasteiger partial charge in [-0.25, -0.2) is 0 Å². The largest absolute Gasteiger partial charge is 0.395 e. The highest BCUT2D eigenvalue weighted by Crippen LogP contribution is 2.15. The van der Waals surface area contributed by atoms with Crippen LogP contribution >= 0.6 is 0 Å². The fourth-order valence-electron chi connectivity index (χ4n) is 2.06. The first-order chi connectivity index (χ1) is 8.04. The number of nitrogens with zero attached hydrogens (tertiary/aromatic N) is 1. The van der Waals surface area contributed by atoms with E-state index in [1.807, 2.05) is 6.92 Å². The van der Waals surface area contributed by atoms with Gasteiger partial charge in [0.1, 0.15) is 0 Å². The maximum Gasteiger partial charge on any atom is 0.222 e. The van der Waals surface area contributed by atoms with Crippen LogP contribution in [0, 0.1) is 11.8 Å². The molecule has 0 saturated heterocycles. The summed E-state index contributed by atoms with van der Waals surface area (Å²) >= 11 is 0. The Balaban J connectivity index is 4.24. The van der Waals surface area contributed by atoms with Crippen LogP contribution in [0.3, 0.4) is 0 Å². The molecule has 0 aliphatic heterocycles. The van der Waals surface area contributed by atoms with Crippen molar-refractivity contribution < 1.29 is 9.90 Å². The molecular weight excluding hydrogens is 216 g/mol. The molecular formula is C13H28N2O2. The molecule has 0 heterocycles. The summed E-state index contributed by atoms with van der Waals surface area (Å²) in [4.78, 5) is 13.8. The molecule has 4 heteroatoms. The van der Waals surface area contributed by atoms with Crippen molar-refractivity contribution in [1.82, 2.24) is 4.90 Å². The monoisotopic (exact) mass is 244 g/mol. The number of amides is 1. The average molecular weight is 244 g/mol. The normalized spacial score (nSPS) is 12.8. The molecule has 4 nitrogen and oxygen atoms in total. The second-order valence-electron chi connectivity index (χ2n) is 5.04. The summed E-state index contributed by atoms with van der Waals surface area (Å²) in [6.07, 6.45) is 2.42. The second kappa shape index (κ2) is 9.42. The van der Waals surface area contributed by atoms with E-state index < -0.39 is 0 Å². The van der Waals surface area contributed by atoms with Crippen molar-refractivity contribution in [2.24, 2.45) is 17.6 Å². The first kappa shape index (κ1) is 16.4. The molecule has 0 aromatic heterocycles. The Bertz CT molecular complexity index is 202. The maximum absolute atomic E-state index is 12.0. The molecule has 0 unspecified atom stereocenters. The fourth-order valence-corrected chi connectivity index (χ4v) is 2.06. The van der Waals surface area contributed by atoms with Crippen LogP contribution in [0.25, 0.3) is 0 Å². The number of carbonyl (C=O) groups excluding carboxylic acids is 1. The van der Waals surface area contributed by atoms with Crippen molar-refractivity contribution in [2.75, 3.05) is 26.2 Å². The van der Waals surface area contributed by atoms with Gasteiger partial charge in [0, 0.05) is 19.5 Å². The number of hydrogen-bond acceptors (Lipinski definition) is 3. The van der Waals surface area contributed by atoms with Gasteiger partial charge >= 0.3 is 0 Å². The van der Waals surface area contributed by atoms with Gasteiger partial charge in [-0.2, -0.15) is 0 Å². The van der Waals surface area contributed by atoms with Gasteiger partial charge in [-0.3, -0.25) is 4.79 Å². The van der Waals surface area contributed by atoms with Crippen molar-refractivity contribution in [1.29, 1.82) is 0 Å². The third-order valence-electron chi connectivity index (χ3n) is 2.82. The number of aliphatic hydroxyl groups is 1. The Hall–Kier alpha value is -0.610. The van der Waals surface area contributed by atoms with E-state index in [2.05, 4.69) is 13.8 Å². The highest BCUT2D eigenvalue weighted by atomic mass is 16.3. The molecule has 0 fully saturated rings. The third kappa shape index (κ3) is 7.34. The molecule has 0 aliphatic rings. The maximum atomic E-state index is 12.0. The van der Waals surface area contributed by atoms with Gasteiger partial charge in [-0.05, 0) is 31.2 Å². The SMILES string of the molecule is CCCN(CCO)C(=O)C[C@@H](CN)CC(C)C. The van der Waals surface area contributed by atoms with Crippen LogP contribution in [0.2, 0.25) is 0 Å². The van der Waals surface area contributed by atoms with Gasteiger partial charge in [0.15, 0.2) is 0 Å². The summed E-state index contributed by atoms with van der Waals surface area (Å²) in [7, 11) is 0. The van der Waals surface area contributed by atoms with Gasteiger partial charge in [0.2, 0.25) is 5.91 Å². The molecule has 17 heavy (non-hydrogen) atoms. The number of carbonyl (C=O) groups is 1. The summed E-state index contributed by atoms with van der Waals surface area (Å²) in [5.41, 5.74) is 5.70. The van der Waals surface area contributed by atoms with E-state index >= 15 is 0 Å². The van der Waals surface area contributed by atoms with Gasteiger partial charge in [0.25, 0.3) is 0 Å². The van der Waals surface area contributed by atoms with E-state index in [1.54, 1.807) is 4.90 Å². The smallest absolute Gasteiger partial charge is 0.222 e. The summed E-state index contributed by atoms with van der Waals surface area (Å²) < 4.78 is 0. The summed E-state index contributed by atoms with van der Waals surface area (Å²) in [6.45, 7) is 8.07. The topological polar surface area (TPSA) is 66.6 Å². The van der Waals surface area contributed by atoms with Crippen LogP contribution in [0.15, 0.2) is 0 Å². The zero-order chi connectivity index (χ0) is 13.3. The van der Waals surface area contributed by atoms with Crippen LogP contribution in [0.1, 0.15) is 40.0 Å². The number of aliphatic hydroxyl groups excluding tert-OH is 1. The molecule has 0 aliphatic carbocycles. The standard InChI is InChI=1S/C13H28N2O2/c1-4-5-15(6-7-16)13(17)9-12(10-14)8-11(2)3/h11-12,16H,4-10,14H2,1-3H3/t12-/m0/s1. The van der Waals surface area contributed by atoms with E-state index in [9.17, 15) is 4.79 Å². The van der Waals surface area contributed by atoms with Crippen molar-refractivity contribution in [3.8, 4) is 0 Å². The molecule has 0 aromatic carbocycles. The van der Waals surface area contributed by atoms with Gasteiger partial charge in [-0.1, -0.05) is 20.8 Å². The van der Waals surface area contributed by atoms with Crippen molar-refractivity contribution in [3.63, 3.8) is 0 Å². The Kier molecular flexibility index (Phi) is 9.09. The quantitative estimate of drug-likeness (QED) is 0.641. The van der Waals surface area contributed by atoms with Crippen LogP contribution in [0.4, 0.5) is 0 Å². The summed E-state index contributed by atoms with van der Waals surface area (Å²) in [5, 5.41) is 8.93. The lowest BCUT2D eigenvalue weighted by Crippen LogP contribution is -2.36. The van der Waals surface area contributed by atoms with E-state index in [-0.39, 0.29) is 18.4 Å². The number of hydrogen-bond donors (Lipinski definition) is 2. The Labute approximate surface area is 105 Å². The third-order valence-corrected chi connectivity index (χ3v) is 2.82. The molecule has 3 N–H and O–H groups in total. The predicted molar refractivity (Wildman–Crippen MR) is 70.6 cm³/mol. The van der Waals surface area contributed by atoms with E-state index in [0.717, 1.165) is 19.4 Å². The van der Waals surface area contributed by atoms with Crippen molar-refractivity contribution in [2.45, 2.75) is 40.0 Å². The van der Waals surface area contributed by atoms with E-state index in [0.29, 0.717) is 25.4 Å². The van der Waals surface area contributed by atoms with Crippen LogP contribution < -0.4 is 5.73 Å². The highest BCUT2D eigenvalue weighted by molar-refractivity contribution is 5.76. The van der Waals surface area contributed by atoms with Crippen LogP contribution in [0.5, 0.6) is 0 Å². The minimum atomic E-state index is 0.0310. The molecule has 0 spiro atoms. The lowest BCUT2D eigenvalue weighted by Gasteiger charge is -2.24. The molecule has 1 amide bonds. The van der Waals surface area contributed by atoms with Crippen LogP contribution in [-0.2, 0) is 4.79 Å². The second-order valence-corrected chi connectivity index (χ2v) is 5.04. The first-order valence-corrected chi connectivity index (χ1v) is 6.63. The average Bonchev–Trinajstić information content (AvgIpc) is 2.27. The lowest BCUT2D eigenvalue weighted by molar-refractivity contribution is -0.132. The first-order valence-electron chi connectivity index (χ1n) is 6.63. The summed E-state index contributed by atoms with van der Waals surface area (Å²) in [6, 6.07) is 0. The highest BCUT2D eigenvalue weighted by Gasteiger charge is 2.18. The number of rotatable bonds is 9. The predicted octanol–water partition coefficient (Wildman–Crippen LogP) is 1.23. The molecule has 1 atom stereocenters. The Morgan fingerprint density at radius 1 is 1.35 bits per heavy atom. The van der Waals surface area contributed by atoms with E-state index in [4.69, 9.17) is 10.8 Å². The molecule has 0 bridgehead atoms. The van der Waals surface area contributed by atoms with Gasteiger partial charge in [-0.15, -0.1) is 0 Å². The molecule has 0 rings (SSSR count). The minimum Gasteiger partial charge on any atom is -0.395 e. The lowest BCUT2D eigenvalue weighted by atomic mass is 9.94. The minimum absolute atomic E-state index is 0.0310. The Morgan fingerprint density at radius 2 is 2.00 bits per heavy atom. The molecule has 0 radical (unpaired) electrons. The summed E-state index contributed by atoms with van der Waals surface area (Å²) in [5.74, 6) is 0.950. The van der Waals surface area contributed by atoms with E-state index in [1.165, 1.54) is 0 Å². The molecule has 0 saturated carbocycles. The van der Waals surface area contributed by atoms with Crippen LogP contribution in [-0.4, -0.2) is 42.2 Å². The zero-order valence-electron chi connectivity index (χ0n) is 11.5.